The Morgan fingerprint density at radius 3 is 2.42 bits per heavy atom. The van der Waals surface area contributed by atoms with E-state index in [4.69, 9.17) is 0 Å². The summed E-state index contributed by atoms with van der Waals surface area (Å²) in [4.78, 5) is 6.92. The summed E-state index contributed by atoms with van der Waals surface area (Å²) in [6.45, 7) is 5.57. The monoisotopic (exact) mass is 442 g/mol. The Morgan fingerprint density at radius 1 is 1.08 bits per heavy atom. The van der Waals surface area contributed by atoms with Crippen molar-refractivity contribution in [1.82, 2.24) is 15.5 Å². The highest BCUT2D eigenvalue weighted by molar-refractivity contribution is 14.0. The number of hydrogen-bond acceptors (Lipinski definition) is 2. The smallest absolute Gasteiger partial charge is 0.191 e. The minimum atomic E-state index is 0. The van der Waals surface area contributed by atoms with Gasteiger partial charge in [-0.3, -0.25) is 4.99 Å². The number of benzene rings is 1. The van der Waals surface area contributed by atoms with E-state index >= 15 is 0 Å². The van der Waals surface area contributed by atoms with Crippen LogP contribution >= 0.6 is 24.0 Å². The van der Waals surface area contributed by atoms with Gasteiger partial charge in [0.1, 0.15) is 0 Å². The first kappa shape index (κ1) is 19.5. The normalized spacial score (nSPS) is 20.1. The Kier molecular flexibility index (Phi) is 7.81. The fraction of sp³-hybridized carbons (Fsp3) is 0.632. The quantitative estimate of drug-likeness (QED) is 0.404. The molecule has 2 N–H and O–H groups in total. The lowest BCUT2D eigenvalue weighted by atomic mass is 9.96. The number of piperidine rings is 1. The molecule has 1 heterocycles. The standard InChI is InChI=1S/C19H30N4.HI/c1-20-18(21-12-15-23-13-6-3-7-14-23)22-16-19(10-11-19)17-8-4-2-5-9-17;/h2,4-5,8-9H,3,6-7,10-16H2,1H3,(H2,20,21,22);1H. The van der Waals surface area contributed by atoms with Crippen LogP contribution in [0.3, 0.4) is 0 Å². The zero-order valence-corrected chi connectivity index (χ0v) is 17.1. The Balaban J connectivity index is 0.00000208. The largest absolute Gasteiger partial charge is 0.356 e. The van der Waals surface area contributed by atoms with Gasteiger partial charge in [0.05, 0.1) is 0 Å². The minimum Gasteiger partial charge on any atom is -0.356 e. The molecule has 0 unspecified atom stereocenters. The predicted octanol–water partition coefficient (Wildman–Crippen LogP) is 2.99. The number of nitrogens with zero attached hydrogens (tertiary/aromatic N) is 2. The van der Waals surface area contributed by atoms with Crippen LogP contribution in [0.15, 0.2) is 35.3 Å². The molecule has 0 radical (unpaired) electrons. The first-order valence-electron chi connectivity index (χ1n) is 9.05. The van der Waals surface area contributed by atoms with Gasteiger partial charge in [-0.25, -0.2) is 0 Å². The fourth-order valence-corrected chi connectivity index (χ4v) is 3.50. The van der Waals surface area contributed by atoms with Crippen LogP contribution in [0.1, 0.15) is 37.7 Å². The fourth-order valence-electron chi connectivity index (χ4n) is 3.50. The highest BCUT2D eigenvalue weighted by Gasteiger charge is 2.43. The zero-order chi connectivity index (χ0) is 16.0. The summed E-state index contributed by atoms with van der Waals surface area (Å²) >= 11 is 0. The maximum atomic E-state index is 4.37. The molecule has 24 heavy (non-hydrogen) atoms. The van der Waals surface area contributed by atoms with E-state index in [2.05, 4.69) is 50.9 Å². The average molecular weight is 442 g/mol. The van der Waals surface area contributed by atoms with Crippen LogP contribution < -0.4 is 10.6 Å². The number of rotatable bonds is 6. The Hall–Kier alpha value is -0.820. The van der Waals surface area contributed by atoms with E-state index in [9.17, 15) is 0 Å². The van der Waals surface area contributed by atoms with Crippen molar-refractivity contribution in [3.8, 4) is 0 Å². The Bertz CT molecular complexity index is 507. The molecule has 1 aromatic carbocycles. The molecule has 1 aliphatic heterocycles. The zero-order valence-electron chi connectivity index (χ0n) is 14.8. The summed E-state index contributed by atoms with van der Waals surface area (Å²) in [5.74, 6) is 0.934. The van der Waals surface area contributed by atoms with Gasteiger partial charge in [-0.1, -0.05) is 36.8 Å². The van der Waals surface area contributed by atoms with Crippen molar-refractivity contribution < 1.29 is 0 Å². The van der Waals surface area contributed by atoms with Gasteiger partial charge in [0.25, 0.3) is 0 Å². The molecule has 0 amide bonds. The van der Waals surface area contributed by atoms with Crippen molar-refractivity contribution in [2.75, 3.05) is 39.8 Å². The molecule has 3 rings (SSSR count). The second-order valence-corrected chi connectivity index (χ2v) is 6.90. The van der Waals surface area contributed by atoms with E-state index in [-0.39, 0.29) is 24.0 Å². The molecule has 1 saturated heterocycles. The van der Waals surface area contributed by atoms with E-state index < -0.39 is 0 Å². The van der Waals surface area contributed by atoms with Gasteiger partial charge in [-0.2, -0.15) is 0 Å². The molecular formula is C19H31IN4. The Labute approximate surface area is 163 Å². The summed E-state index contributed by atoms with van der Waals surface area (Å²) < 4.78 is 0. The van der Waals surface area contributed by atoms with Crippen LogP contribution in [0.2, 0.25) is 0 Å². The summed E-state index contributed by atoms with van der Waals surface area (Å²) in [5, 5.41) is 6.99. The van der Waals surface area contributed by atoms with E-state index in [0.717, 1.165) is 25.6 Å². The van der Waals surface area contributed by atoms with E-state index in [0.29, 0.717) is 5.41 Å². The molecule has 0 aromatic heterocycles. The van der Waals surface area contributed by atoms with Gasteiger partial charge in [0.15, 0.2) is 5.96 Å². The molecule has 4 nitrogen and oxygen atoms in total. The molecule has 0 spiro atoms. The van der Waals surface area contributed by atoms with Gasteiger partial charge >= 0.3 is 0 Å². The molecule has 0 atom stereocenters. The molecule has 2 fully saturated rings. The molecule has 1 aliphatic carbocycles. The van der Waals surface area contributed by atoms with Crippen LogP contribution in [0.25, 0.3) is 0 Å². The third kappa shape index (κ3) is 5.34. The number of hydrogen-bond donors (Lipinski definition) is 2. The maximum Gasteiger partial charge on any atom is 0.191 e. The lowest BCUT2D eigenvalue weighted by Crippen LogP contribution is -2.44. The highest BCUT2D eigenvalue weighted by Crippen LogP contribution is 2.47. The molecule has 2 aliphatic rings. The first-order chi connectivity index (χ1) is 11.3. The molecular weight excluding hydrogens is 411 g/mol. The third-order valence-electron chi connectivity index (χ3n) is 5.23. The maximum absolute atomic E-state index is 4.37. The second-order valence-electron chi connectivity index (χ2n) is 6.90. The molecule has 1 saturated carbocycles. The summed E-state index contributed by atoms with van der Waals surface area (Å²) in [6, 6.07) is 10.9. The van der Waals surface area contributed by atoms with Crippen molar-refractivity contribution in [3.63, 3.8) is 0 Å². The van der Waals surface area contributed by atoms with Crippen LogP contribution in [0.4, 0.5) is 0 Å². The van der Waals surface area contributed by atoms with Gasteiger partial charge in [0, 0.05) is 32.1 Å². The number of guanidine groups is 1. The Morgan fingerprint density at radius 2 is 1.79 bits per heavy atom. The first-order valence-corrected chi connectivity index (χ1v) is 9.05. The topological polar surface area (TPSA) is 39.7 Å². The lowest BCUT2D eigenvalue weighted by molar-refractivity contribution is 0.232. The van der Waals surface area contributed by atoms with E-state index in [1.165, 1.54) is 50.8 Å². The molecule has 134 valence electrons. The van der Waals surface area contributed by atoms with Gasteiger partial charge in [0.2, 0.25) is 0 Å². The second kappa shape index (κ2) is 9.61. The van der Waals surface area contributed by atoms with Crippen LogP contribution in [-0.4, -0.2) is 50.6 Å². The summed E-state index contributed by atoms with van der Waals surface area (Å²) in [5.41, 5.74) is 1.78. The van der Waals surface area contributed by atoms with E-state index in [1.54, 1.807) is 0 Å². The van der Waals surface area contributed by atoms with Crippen LogP contribution in [0, 0.1) is 0 Å². The van der Waals surface area contributed by atoms with Crippen molar-refractivity contribution in [1.29, 1.82) is 0 Å². The highest BCUT2D eigenvalue weighted by atomic mass is 127. The van der Waals surface area contributed by atoms with Crippen molar-refractivity contribution in [2.45, 2.75) is 37.5 Å². The van der Waals surface area contributed by atoms with Crippen LogP contribution in [-0.2, 0) is 5.41 Å². The molecule has 0 bridgehead atoms. The average Bonchev–Trinajstić information content (AvgIpc) is 3.41. The number of likely N-dealkylation sites (tertiary alicyclic amines) is 1. The summed E-state index contributed by atoms with van der Waals surface area (Å²) in [7, 11) is 1.86. The third-order valence-corrected chi connectivity index (χ3v) is 5.23. The number of halogens is 1. The van der Waals surface area contributed by atoms with Crippen molar-refractivity contribution in [3.05, 3.63) is 35.9 Å². The predicted molar refractivity (Wildman–Crippen MR) is 112 cm³/mol. The molecule has 5 heteroatoms. The lowest BCUT2D eigenvalue weighted by Gasteiger charge is -2.26. The SMILES string of the molecule is CN=C(NCCN1CCCCC1)NCC1(c2ccccc2)CC1.I. The minimum absolute atomic E-state index is 0. The van der Waals surface area contributed by atoms with E-state index in [1.807, 2.05) is 7.05 Å². The van der Waals surface area contributed by atoms with Gasteiger partial charge in [-0.15, -0.1) is 24.0 Å². The number of nitrogens with one attached hydrogen (secondary N) is 2. The number of aliphatic imine (C=N–C) groups is 1. The molecule has 1 aromatic rings. The van der Waals surface area contributed by atoms with Crippen molar-refractivity contribution >= 4 is 29.9 Å². The summed E-state index contributed by atoms with van der Waals surface area (Å²) in [6.07, 6.45) is 6.65. The van der Waals surface area contributed by atoms with Crippen molar-refractivity contribution in [2.24, 2.45) is 4.99 Å². The van der Waals surface area contributed by atoms with Gasteiger partial charge < -0.3 is 15.5 Å². The van der Waals surface area contributed by atoms with Crippen LogP contribution in [0.5, 0.6) is 0 Å². The van der Waals surface area contributed by atoms with Gasteiger partial charge in [-0.05, 0) is 44.3 Å².